The van der Waals surface area contributed by atoms with E-state index in [2.05, 4.69) is 25.9 Å². The number of rotatable bonds is 4. The van der Waals surface area contributed by atoms with Crippen LogP contribution < -0.4 is 16.2 Å². The van der Waals surface area contributed by atoms with E-state index >= 15 is 0 Å². The Labute approximate surface area is 96.8 Å². The quantitative estimate of drug-likeness (QED) is 0.848. The molecule has 0 bridgehead atoms. The Morgan fingerprint density at radius 3 is 2.87 bits per heavy atom. The predicted molar refractivity (Wildman–Crippen MR) is 64.1 cm³/mol. The summed E-state index contributed by atoms with van der Waals surface area (Å²) in [6.07, 6.45) is 1.40. The third-order valence-corrected chi connectivity index (χ3v) is 2.76. The lowest BCUT2D eigenvalue weighted by molar-refractivity contribution is 0.671. The number of aromatic nitrogens is 2. The zero-order chi connectivity index (χ0) is 11.4. The number of H-pyrrole nitrogens is 1. The monoisotopic (exact) mass is 274 g/mol. The molecule has 0 aliphatic rings. The van der Waals surface area contributed by atoms with Crippen LogP contribution in [0.1, 0.15) is 13.8 Å². The molecule has 0 fully saturated rings. The molecule has 0 saturated carbocycles. The number of anilines is 1. The van der Waals surface area contributed by atoms with Gasteiger partial charge in [-0.15, -0.1) is 0 Å². The van der Waals surface area contributed by atoms with Crippen LogP contribution in [-0.2, 0) is 0 Å². The highest BCUT2D eigenvalue weighted by molar-refractivity contribution is 9.10. The maximum absolute atomic E-state index is 11.4. The van der Waals surface area contributed by atoms with Gasteiger partial charge in [-0.1, -0.05) is 0 Å². The molecular weight excluding hydrogens is 260 g/mol. The normalized spacial score (nSPS) is 10.7. The smallest absolute Gasteiger partial charge is 0.267 e. The third-order valence-electron chi connectivity index (χ3n) is 2.04. The van der Waals surface area contributed by atoms with Crippen molar-refractivity contribution in [2.24, 2.45) is 5.73 Å². The molecule has 1 aromatic rings. The first-order valence-corrected chi connectivity index (χ1v) is 5.57. The van der Waals surface area contributed by atoms with Gasteiger partial charge in [0, 0.05) is 19.1 Å². The first-order chi connectivity index (χ1) is 7.07. The van der Waals surface area contributed by atoms with Gasteiger partial charge >= 0.3 is 0 Å². The maximum atomic E-state index is 11.4. The Hall–Kier alpha value is -0.880. The van der Waals surface area contributed by atoms with Crippen molar-refractivity contribution in [2.45, 2.75) is 19.9 Å². The number of hydrogen-bond acceptors (Lipinski definition) is 4. The van der Waals surface area contributed by atoms with Gasteiger partial charge in [-0.2, -0.15) is 0 Å². The molecule has 84 valence electrons. The molecule has 0 aliphatic heterocycles. The van der Waals surface area contributed by atoms with Crippen LogP contribution in [0.2, 0.25) is 0 Å². The second-order valence-electron chi connectivity index (χ2n) is 3.45. The van der Waals surface area contributed by atoms with Crippen LogP contribution >= 0.6 is 15.9 Å². The topological polar surface area (TPSA) is 75.0 Å². The fourth-order valence-corrected chi connectivity index (χ4v) is 1.77. The molecule has 0 saturated heterocycles. The van der Waals surface area contributed by atoms with Crippen molar-refractivity contribution in [3.63, 3.8) is 0 Å². The summed E-state index contributed by atoms with van der Waals surface area (Å²) in [5.41, 5.74) is 5.34. The van der Waals surface area contributed by atoms with Gasteiger partial charge in [-0.25, -0.2) is 4.98 Å². The Morgan fingerprint density at radius 1 is 1.67 bits per heavy atom. The Bertz CT molecular complexity index is 377. The van der Waals surface area contributed by atoms with Crippen LogP contribution in [-0.4, -0.2) is 29.1 Å². The zero-order valence-corrected chi connectivity index (χ0v) is 10.4. The summed E-state index contributed by atoms with van der Waals surface area (Å²) in [6, 6.07) is 0.249. The van der Waals surface area contributed by atoms with E-state index < -0.39 is 0 Å². The van der Waals surface area contributed by atoms with Crippen molar-refractivity contribution in [1.29, 1.82) is 0 Å². The molecule has 0 aliphatic carbocycles. The van der Waals surface area contributed by atoms with E-state index in [1.54, 1.807) is 0 Å². The largest absolute Gasteiger partial charge is 0.352 e. The van der Waals surface area contributed by atoms with Gasteiger partial charge in [-0.05, 0) is 29.8 Å². The Kier molecular flexibility index (Phi) is 4.28. The highest BCUT2D eigenvalue weighted by Gasteiger charge is 2.15. The highest BCUT2D eigenvalue weighted by atomic mass is 79.9. The zero-order valence-electron chi connectivity index (χ0n) is 8.83. The first-order valence-electron chi connectivity index (χ1n) is 4.77. The molecule has 3 N–H and O–H groups in total. The van der Waals surface area contributed by atoms with Gasteiger partial charge in [0.15, 0.2) is 5.82 Å². The van der Waals surface area contributed by atoms with Crippen molar-refractivity contribution < 1.29 is 0 Å². The molecule has 0 unspecified atom stereocenters. The lowest BCUT2D eigenvalue weighted by atomic mass is 10.3. The molecule has 15 heavy (non-hydrogen) atoms. The molecule has 0 amide bonds. The SMILES string of the molecule is CC(C)N(CCN)c1nc[nH]c(=O)c1Br. The van der Waals surface area contributed by atoms with Crippen molar-refractivity contribution >= 4 is 21.7 Å². The van der Waals surface area contributed by atoms with Gasteiger partial charge < -0.3 is 15.6 Å². The van der Waals surface area contributed by atoms with E-state index in [1.165, 1.54) is 6.33 Å². The van der Waals surface area contributed by atoms with Crippen LogP contribution in [0.4, 0.5) is 5.82 Å². The van der Waals surface area contributed by atoms with Crippen LogP contribution in [0, 0.1) is 0 Å². The fraction of sp³-hybridized carbons (Fsp3) is 0.556. The van der Waals surface area contributed by atoms with Crippen LogP contribution in [0.25, 0.3) is 0 Å². The van der Waals surface area contributed by atoms with Crippen molar-refractivity contribution in [3.8, 4) is 0 Å². The van der Waals surface area contributed by atoms with Crippen molar-refractivity contribution in [1.82, 2.24) is 9.97 Å². The second-order valence-corrected chi connectivity index (χ2v) is 4.24. The van der Waals surface area contributed by atoms with Gasteiger partial charge in [0.2, 0.25) is 0 Å². The molecule has 0 radical (unpaired) electrons. The first kappa shape index (κ1) is 12.2. The maximum Gasteiger partial charge on any atom is 0.267 e. The van der Waals surface area contributed by atoms with Gasteiger partial charge in [0.1, 0.15) is 4.47 Å². The summed E-state index contributed by atoms with van der Waals surface area (Å²) in [4.78, 5) is 20.0. The lowest BCUT2D eigenvalue weighted by Gasteiger charge is -2.27. The van der Waals surface area contributed by atoms with Crippen molar-refractivity contribution in [2.75, 3.05) is 18.0 Å². The Balaban J connectivity index is 3.11. The summed E-state index contributed by atoms with van der Waals surface area (Å²) < 4.78 is 0.451. The Morgan fingerprint density at radius 2 is 2.33 bits per heavy atom. The van der Waals surface area contributed by atoms with Crippen LogP contribution in [0.3, 0.4) is 0 Å². The molecule has 6 heteroatoms. The van der Waals surface area contributed by atoms with E-state index in [9.17, 15) is 4.79 Å². The lowest BCUT2D eigenvalue weighted by Crippen LogP contribution is -2.37. The number of nitrogens with two attached hydrogens (primary N) is 1. The minimum Gasteiger partial charge on any atom is -0.352 e. The van der Waals surface area contributed by atoms with Crippen LogP contribution in [0.5, 0.6) is 0 Å². The summed E-state index contributed by atoms with van der Waals surface area (Å²) >= 11 is 3.23. The standard InChI is InChI=1S/C9H15BrN4O/c1-6(2)14(4-3-11)8-7(10)9(15)13-5-12-8/h5-6H,3-4,11H2,1-2H3,(H,12,13,15). The van der Waals surface area contributed by atoms with E-state index in [0.29, 0.717) is 23.4 Å². The van der Waals surface area contributed by atoms with Gasteiger partial charge in [0.05, 0.1) is 6.33 Å². The molecule has 1 heterocycles. The van der Waals surface area contributed by atoms with Gasteiger partial charge in [0.25, 0.3) is 5.56 Å². The number of aromatic amines is 1. The van der Waals surface area contributed by atoms with E-state index in [0.717, 1.165) is 0 Å². The molecule has 1 rings (SSSR count). The average Bonchev–Trinajstić information content (AvgIpc) is 2.19. The second kappa shape index (κ2) is 5.27. The minimum absolute atomic E-state index is 0.178. The number of nitrogens with zero attached hydrogens (tertiary/aromatic N) is 2. The third kappa shape index (κ3) is 2.79. The molecule has 0 spiro atoms. The van der Waals surface area contributed by atoms with Crippen molar-refractivity contribution in [3.05, 3.63) is 21.2 Å². The number of hydrogen-bond donors (Lipinski definition) is 2. The molecule has 1 aromatic heterocycles. The minimum atomic E-state index is -0.178. The summed E-state index contributed by atoms with van der Waals surface area (Å²) in [6.45, 7) is 5.27. The van der Waals surface area contributed by atoms with E-state index in [-0.39, 0.29) is 11.6 Å². The summed E-state index contributed by atoms with van der Waals surface area (Å²) in [7, 11) is 0. The molecule has 5 nitrogen and oxygen atoms in total. The van der Waals surface area contributed by atoms with E-state index in [4.69, 9.17) is 5.73 Å². The summed E-state index contributed by atoms with van der Waals surface area (Å²) in [5.74, 6) is 0.638. The van der Waals surface area contributed by atoms with E-state index in [1.807, 2.05) is 18.7 Å². The number of nitrogens with one attached hydrogen (secondary N) is 1. The number of halogens is 1. The predicted octanol–water partition coefficient (Wildman–Crippen LogP) is 0.706. The molecule has 0 aromatic carbocycles. The average molecular weight is 275 g/mol. The fourth-order valence-electron chi connectivity index (χ4n) is 1.32. The summed E-state index contributed by atoms with van der Waals surface area (Å²) in [5, 5.41) is 0. The molecule has 0 atom stereocenters. The highest BCUT2D eigenvalue weighted by Crippen LogP contribution is 2.20. The molecular formula is C9H15BrN4O. The van der Waals surface area contributed by atoms with Gasteiger partial charge in [-0.3, -0.25) is 4.79 Å². The van der Waals surface area contributed by atoms with Crippen LogP contribution in [0.15, 0.2) is 15.6 Å².